The topological polar surface area (TPSA) is 59.2 Å². The number of carbonyl (C=O) groups excluding carboxylic acids is 1. The summed E-state index contributed by atoms with van der Waals surface area (Å²) in [7, 11) is 0. The summed E-state index contributed by atoms with van der Waals surface area (Å²) >= 11 is 0. The molecule has 0 bridgehead atoms. The van der Waals surface area contributed by atoms with Crippen molar-refractivity contribution in [2.75, 3.05) is 6.54 Å². The molecule has 4 rings (SSSR count). The second-order valence-corrected chi connectivity index (χ2v) is 8.74. The summed E-state index contributed by atoms with van der Waals surface area (Å²) in [5.74, 6) is -0.774. The van der Waals surface area contributed by atoms with E-state index < -0.39 is 11.6 Å². The average molecular weight is 411 g/mol. The van der Waals surface area contributed by atoms with Gasteiger partial charge in [0.25, 0.3) is 5.89 Å². The van der Waals surface area contributed by atoms with E-state index in [-0.39, 0.29) is 30.2 Å². The van der Waals surface area contributed by atoms with Crippen LogP contribution in [0, 0.1) is 11.6 Å². The molecule has 1 aromatic heterocycles. The predicted molar refractivity (Wildman–Crippen MR) is 108 cm³/mol. The van der Waals surface area contributed by atoms with Crippen molar-refractivity contribution in [2.24, 2.45) is 0 Å². The van der Waals surface area contributed by atoms with E-state index in [2.05, 4.69) is 30.9 Å². The molecule has 0 radical (unpaired) electrons. The standard InChI is InChI=1S/C23H23F2N3O2/c1-23(2,3)17-6-4-15(5-7-17)22-26-21(27-30-22)16-10-20(29)28(13-16)12-14-8-18(24)11-19(25)9-14/h4-9,11,16H,10,12-13H2,1-3H3. The van der Waals surface area contributed by atoms with Gasteiger partial charge in [-0.3, -0.25) is 4.79 Å². The molecule has 1 aliphatic rings. The number of carbonyl (C=O) groups is 1. The summed E-state index contributed by atoms with van der Waals surface area (Å²) in [5, 5.41) is 4.06. The molecule has 30 heavy (non-hydrogen) atoms. The third-order valence-electron chi connectivity index (χ3n) is 5.32. The molecule has 156 valence electrons. The first kappa shape index (κ1) is 20.2. The zero-order chi connectivity index (χ0) is 21.5. The van der Waals surface area contributed by atoms with Crippen molar-refractivity contribution >= 4 is 5.91 Å². The van der Waals surface area contributed by atoms with Crippen LogP contribution in [0.1, 0.15) is 50.1 Å². The lowest BCUT2D eigenvalue weighted by Gasteiger charge is -2.18. The van der Waals surface area contributed by atoms with Crippen molar-refractivity contribution in [1.82, 2.24) is 15.0 Å². The van der Waals surface area contributed by atoms with Crippen LogP contribution in [0.25, 0.3) is 11.5 Å². The molecule has 1 unspecified atom stereocenters. The Bertz CT molecular complexity index is 1050. The number of amides is 1. The lowest BCUT2D eigenvalue weighted by atomic mass is 9.87. The maximum absolute atomic E-state index is 13.4. The Kier molecular flexibility index (Phi) is 5.13. The second kappa shape index (κ2) is 7.63. The third-order valence-corrected chi connectivity index (χ3v) is 5.32. The predicted octanol–water partition coefficient (Wildman–Crippen LogP) is 4.83. The van der Waals surface area contributed by atoms with E-state index in [9.17, 15) is 13.6 Å². The molecule has 1 aliphatic heterocycles. The highest BCUT2D eigenvalue weighted by Crippen LogP contribution is 2.30. The maximum Gasteiger partial charge on any atom is 0.257 e. The van der Waals surface area contributed by atoms with Crippen molar-refractivity contribution in [3.63, 3.8) is 0 Å². The van der Waals surface area contributed by atoms with Gasteiger partial charge in [0.15, 0.2) is 5.82 Å². The highest BCUT2D eigenvalue weighted by Gasteiger charge is 2.34. The van der Waals surface area contributed by atoms with Gasteiger partial charge in [0, 0.05) is 37.1 Å². The van der Waals surface area contributed by atoms with Gasteiger partial charge in [-0.15, -0.1) is 0 Å². The fourth-order valence-electron chi connectivity index (χ4n) is 3.65. The van der Waals surface area contributed by atoms with Crippen molar-refractivity contribution in [3.8, 4) is 11.5 Å². The van der Waals surface area contributed by atoms with Gasteiger partial charge in [0.05, 0.1) is 0 Å². The maximum atomic E-state index is 13.4. The summed E-state index contributed by atoms with van der Waals surface area (Å²) in [4.78, 5) is 18.4. The Morgan fingerprint density at radius 2 is 1.77 bits per heavy atom. The minimum Gasteiger partial charge on any atom is -0.338 e. The van der Waals surface area contributed by atoms with Crippen molar-refractivity contribution < 1.29 is 18.1 Å². The van der Waals surface area contributed by atoms with E-state index in [4.69, 9.17) is 4.52 Å². The molecule has 1 saturated heterocycles. The van der Waals surface area contributed by atoms with Crippen LogP contribution < -0.4 is 0 Å². The van der Waals surface area contributed by atoms with E-state index >= 15 is 0 Å². The molecule has 5 nitrogen and oxygen atoms in total. The highest BCUT2D eigenvalue weighted by molar-refractivity contribution is 5.79. The first-order valence-corrected chi connectivity index (χ1v) is 9.86. The third kappa shape index (κ3) is 4.25. The van der Waals surface area contributed by atoms with Gasteiger partial charge in [-0.25, -0.2) is 8.78 Å². The Hall–Kier alpha value is -3.09. The van der Waals surface area contributed by atoms with Gasteiger partial charge >= 0.3 is 0 Å². The summed E-state index contributed by atoms with van der Waals surface area (Å²) in [6, 6.07) is 11.3. The molecule has 2 heterocycles. The normalized spacial score (nSPS) is 17.0. The van der Waals surface area contributed by atoms with Gasteiger partial charge < -0.3 is 9.42 Å². The lowest BCUT2D eigenvalue weighted by molar-refractivity contribution is -0.128. The van der Waals surface area contributed by atoms with E-state index in [0.29, 0.717) is 23.8 Å². The first-order chi connectivity index (χ1) is 14.2. The molecule has 0 aliphatic carbocycles. The minimum absolute atomic E-state index is 0.0524. The Labute approximate surface area is 173 Å². The van der Waals surface area contributed by atoms with E-state index in [0.717, 1.165) is 11.6 Å². The number of hydrogen-bond acceptors (Lipinski definition) is 4. The monoisotopic (exact) mass is 411 g/mol. The number of aromatic nitrogens is 2. The van der Waals surface area contributed by atoms with Gasteiger partial charge in [-0.1, -0.05) is 38.1 Å². The number of hydrogen-bond donors (Lipinski definition) is 0. The Morgan fingerprint density at radius 1 is 1.10 bits per heavy atom. The number of rotatable bonds is 4. The minimum atomic E-state index is -0.659. The molecule has 0 N–H and O–H groups in total. The first-order valence-electron chi connectivity index (χ1n) is 9.86. The Balaban J connectivity index is 1.47. The van der Waals surface area contributed by atoms with Gasteiger partial charge in [0.2, 0.25) is 5.91 Å². The number of halogens is 2. The van der Waals surface area contributed by atoms with Crippen LogP contribution in [0.5, 0.6) is 0 Å². The summed E-state index contributed by atoms with van der Waals surface area (Å²) in [6.45, 7) is 6.96. The molecule has 1 fully saturated rings. The number of likely N-dealkylation sites (tertiary alicyclic amines) is 1. The molecule has 1 amide bonds. The lowest BCUT2D eigenvalue weighted by Crippen LogP contribution is -2.24. The van der Waals surface area contributed by atoms with Crippen LogP contribution >= 0.6 is 0 Å². The van der Waals surface area contributed by atoms with Crippen molar-refractivity contribution in [1.29, 1.82) is 0 Å². The van der Waals surface area contributed by atoms with Gasteiger partial charge in [-0.05, 0) is 40.8 Å². The quantitative estimate of drug-likeness (QED) is 0.617. The summed E-state index contributed by atoms with van der Waals surface area (Å²) in [6.07, 6.45) is 0.236. The van der Waals surface area contributed by atoms with E-state index in [1.807, 2.05) is 24.3 Å². The molecule has 1 atom stereocenters. The fraction of sp³-hybridized carbons (Fsp3) is 0.348. The van der Waals surface area contributed by atoms with Crippen LogP contribution in [-0.4, -0.2) is 27.5 Å². The number of nitrogens with zero attached hydrogens (tertiary/aromatic N) is 3. The summed E-state index contributed by atoms with van der Waals surface area (Å²) in [5.41, 5.74) is 2.49. The Morgan fingerprint density at radius 3 is 2.40 bits per heavy atom. The zero-order valence-electron chi connectivity index (χ0n) is 17.2. The molecule has 2 aromatic carbocycles. The largest absolute Gasteiger partial charge is 0.338 e. The highest BCUT2D eigenvalue weighted by atomic mass is 19.1. The van der Waals surface area contributed by atoms with Crippen LogP contribution in [0.4, 0.5) is 8.78 Å². The van der Waals surface area contributed by atoms with Crippen molar-refractivity contribution in [2.45, 2.75) is 45.1 Å². The molecule has 7 heteroatoms. The van der Waals surface area contributed by atoms with E-state index in [1.165, 1.54) is 17.7 Å². The van der Waals surface area contributed by atoms with Crippen LogP contribution in [0.3, 0.4) is 0 Å². The number of benzene rings is 2. The van der Waals surface area contributed by atoms with Crippen LogP contribution in [0.15, 0.2) is 47.0 Å². The SMILES string of the molecule is CC(C)(C)c1ccc(-c2nc(C3CC(=O)N(Cc4cc(F)cc(F)c4)C3)no2)cc1. The molecular formula is C23H23F2N3O2. The molecule has 3 aromatic rings. The molecule has 0 spiro atoms. The smallest absolute Gasteiger partial charge is 0.257 e. The van der Waals surface area contributed by atoms with Crippen LogP contribution in [0.2, 0.25) is 0 Å². The fourth-order valence-corrected chi connectivity index (χ4v) is 3.65. The second-order valence-electron chi connectivity index (χ2n) is 8.74. The summed E-state index contributed by atoms with van der Waals surface area (Å²) < 4.78 is 32.3. The zero-order valence-corrected chi connectivity index (χ0v) is 17.2. The molecular weight excluding hydrogens is 388 g/mol. The average Bonchev–Trinajstić information content (AvgIpc) is 3.28. The van der Waals surface area contributed by atoms with Crippen LogP contribution in [-0.2, 0) is 16.8 Å². The van der Waals surface area contributed by atoms with E-state index in [1.54, 1.807) is 4.90 Å². The van der Waals surface area contributed by atoms with Gasteiger partial charge in [-0.2, -0.15) is 4.98 Å². The van der Waals surface area contributed by atoms with Crippen molar-refractivity contribution in [3.05, 3.63) is 71.1 Å². The molecule has 0 saturated carbocycles. The van der Waals surface area contributed by atoms with Gasteiger partial charge in [0.1, 0.15) is 11.6 Å².